The van der Waals surface area contributed by atoms with Crippen LogP contribution < -0.4 is 0 Å². The summed E-state index contributed by atoms with van der Waals surface area (Å²) >= 11 is 0. The van der Waals surface area contributed by atoms with E-state index in [-0.39, 0.29) is 5.82 Å². The van der Waals surface area contributed by atoms with E-state index in [4.69, 9.17) is 0 Å². The van der Waals surface area contributed by atoms with Crippen LogP contribution in [-0.2, 0) is 22.7 Å². The van der Waals surface area contributed by atoms with Crippen molar-refractivity contribution in [1.29, 1.82) is 0 Å². The molecule has 8 heteroatoms. The average Bonchev–Trinajstić information content (AvgIpc) is 3.16. The maximum absolute atomic E-state index is 12.0. The number of hydrogen-bond donors (Lipinski definition) is 0. The number of carbonyl (C=O) groups is 2. The van der Waals surface area contributed by atoms with Crippen LogP contribution in [0.25, 0.3) is 0 Å². The largest absolute Gasteiger partial charge is 0.389 e. The Bertz CT molecular complexity index is 770. The number of benzene rings is 1. The summed E-state index contributed by atoms with van der Waals surface area (Å²) in [6, 6.07) is 8.24. The number of aldehydes is 1. The Morgan fingerprint density at radius 3 is 2.83 bits per heavy atom. The van der Waals surface area contributed by atoms with Gasteiger partial charge in [-0.05, 0) is 16.1 Å². The number of aromatic nitrogens is 2. The number of carbonyl (C=O) groups excluding carboxylic acids is 2. The van der Waals surface area contributed by atoms with Crippen LogP contribution in [-0.4, -0.2) is 38.2 Å². The Labute approximate surface area is 131 Å². The van der Waals surface area contributed by atoms with Crippen LogP contribution in [0.1, 0.15) is 17.2 Å². The van der Waals surface area contributed by atoms with Crippen LogP contribution in [0.4, 0.5) is 5.82 Å². The second-order valence-electron chi connectivity index (χ2n) is 5.29. The molecule has 1 unspecified atom stereocenters. The summed E-state index contributed by atoms with van der Waals surface area (Å²) in [7, 11) is 0. The molecule has 0 fully saturated rings. The molecule has 0 bridgehead atoms. The maximum atomic E-state index is 12.0. The number of rotatable bonds is 6. The summed E-state index contributed by atoms with van der Waals surface area (Å²) in [5.74, 6) is -0.698. The molecule has 23 heavy (non-hydrogen) atoms. The minimum Gasteiger partial charge on any atom is -0.358 e. The molecule has 1 aromatic heterocycles. The molecule has 1 aliphatic rings. The van der Waals surface area contributed by atoms with Crippen LogP contribution in [0, 0.1) is 10.1 Å². The summed E-state index contributed by atoms with van der Waals surface area (Å²) in [6.45, 7) is 1.41. The van der Waals surface area contributed by atoms with Gasteiger partial charge in [-0.25, -0.2) is 0 Å². The second kappa shape index (κ2) is 6.09. The molecular weight excluding hydrogens is 300 g/mol. The maximum Gasteiger partial charge on any atom is 0.389 e. The first-order valence-electron chi connectivity index (χ1n) is 7.09. The molecule has 0 amide bonds. The molecule has 2 aromatic rings. The van der Waals surface area contributed by atoms with Crippen LogP contribution >= 0.6 is 0 Å². The van der Waals surface area contributed by atoms with Gasteiger partial charge in [0.15, 0.2) is 6.29 Å². The average molecular weight is 314 g/mol. The minimum absolute atomic E-state index is 0.213. The number of nitrogens with zero attached hydrogens (tertiary/aromatic N) is 4. The highest BCUT2D eigenvalue weighted by molar-refractivity contribution is 6.27. The number of ketones is 1. The topological polar surface area (TPSA) is 98.3 Å². The van der Waals surface area contributed by atoms with E-state index < -0.39 is 16.7 Å². The van der Waals surface area contributed by atoms with E-state index in [0.717, 1.165) is 11.1 Å². The van der Waals surface area contributed by atoms with E-state index in [0.29, 0.717) is 25.9 Å². The molecule has 3 rings (SSSR count). The lowest BCUT2D eigenvalue weighted by Crippen LogP contribution is -2.31. The molecule has 0 saturated carbocycles. The Kier molecular flexibility index (Phi) is 3.98. The Morgan fingerprint density at radius 1 is 1.35 bits per heavy atom. The fraction of sp³-hybridized carbons (Fsp3) is 0.267. The number of Topliss-reactive ketones (excluding diaryl/α,β-unsaturated/α-hetero) is 1. The standard InChI is InChI=1S/C15H14N4O4/c20-10-13(21)15-12-4-2-1-3-11(12)9-17(15)7-8-18-6-5-14(16-18)19(22)23/h1-6,10,15H,7-9H2. The zero-order chi connectivity index (χ0) is 16.4. The van der Waals surface area contributed by atoms with Gasteiger partial charge in [-0.3, -0.25) is 14.5 Å². The number of fused-ring (bicyclic) bond motifs is 1. The Hall–Kier alpha value is -2.87. The lowest BCUT2D eigenvalue weighted by molar-refractivity contribution is -0.389. The van der Waals surface area contributed by atoms with E-state index in [1.807, 2.05) is 29.2 Å². The van der Waals surface area contributed by atoms with Gasteiger partial charge in [-0.1, -0.05) is 24.3 Å². The van der Waals surface area contributed by atoms with Crippen LogP contribution in [0.3, 0.4) is 0 Å². The normalized spacial score (nSPS) is 17.0. The van der Waals surface area contributed by atoms with Crippen molar-refractivity contribution in [2.75, 3.05) is 6.54 Å². The van der Waals surface area contributed by atoms with Gasteiger partial charge in [-0.15, -0.1) is 0 Å². The van der Waals surface area contributed by atoms with E-state index >= 15 is 0 Å². The summed E-state index contributed by atoms with van der Waals surface area (Å²) < 4.78 is 1.46. The first-order chi connectivity index (χ1) is 11.1. The van der Waals surface area contributed by atoms with Crippen molar-refractivity contribution in [3.05, 3.63) is 57.8 Å². The third-order valence-corrected chi connectivity index (χ3v) is 3.90. The Balaban J connectivity index is 1.75. The molecule has 0 radical (unpaired) electrons. The highest BCUT2D eigenvalue weighted by atomic mass is 16.6. The molecule has 0 spiro atoms. The second-order valence-corrected chi connectivity index (χ2v) is 5.29. The quantitative estimate of drug-likeness (QED) is 0.343. The first kappa shape index (κ1) is 15.0. The molecule has 0 saturated heterocycles. The van der Waals surface area contributed by atoms with Crippen molar-refractivity contribution in [3.63, 3.8) is 0 Å². The van der Waals surface area contributed by atoms with E-state index in [1.165, 1.54) is 16.9 Å². The summed E-state index contributed by atoms with van der Waals surface area (Å²) in [5.41, 5.74) is 1.86. The predicted octanol–water partition coefficient (Wildman–Crippen LogP) is 1.12. The molecule has 118 valence electrons. The van der Waals surface area contributed by atoms with E-state index in [2.05, 4.69) is 5.10 Å². The number of hydrogen-bond acceptors (Lipinski definition) is 6. The van der Waals surface area contributed by atoms with Gasteiger partial charge in [0.25, 0.3) is 0 Å². The van der Waals surface area contributed by atoms with Gasteiger partial charge < -0.3 is 10.1 Å². The summed E-state index contributed by atoms with van der Waals surface area (Å²) in [4.78, 5) is 34.9. The minimum atomic E-state index is -0.589. The molecule has 1 aliphatic heterocycles. The van der Waals surface area contributed by atoms with Crippen LogP contribution in [0.2, 0.25) is 0 Å². The number of nitro groups is 1. The fourth-order valence-corrected chi connectivity index (χ4v) is 2.86. The predicted molar refractivity (Wildman–Crippen MR) is 79.5 cm³/mol. The van der Waals surface area contributed by atoms with Gasteiger partial charge >= 0.3 is 5.82 Å². The van der Waals surface area contributed by atoms with Crippen LogP contribution in [0.15, 0.2) is 36.5 Å². The van der Waals surface area contributed by atoms with Gasteiger partial charge in [0.1, 0.15) is 6.04 Å². The van der Waals surface area contributed by atoms with Crippen LogP contribution in [0.5, 0.6) is 0 Å². The molecular formula is C15H14N4O4. The van der Waals surface area contributed by atoms with Crippen molar-refractivity contribution >= 4 is 17.9 Å². The van der Waals surface area contributed by atoms with Crippen molar-refractivity contribution < 1.29 is 14.5 Å². The van der Waals surface area contributed by atoms with E-state index in [1.54, 1.807) is 0 Å². The van der Waals surface area contributed by atoms with Gasteiger partial charge in [-0.2, -0.15) is 4.68 Å². The van der Waals surface area contributed by atoms with Crippen molar-refractivity contribution in [2.45, 2.75) is 19.1 Å². The van der Waals surface area contributed by atoms with Crippen molar-refractivity contribution in [3.8, 4) is 0 Å². The molecule has 2 heterocycles. The Morgan fingerprint density at radius 2 is 2.13 bits per heavy atom. The van der Waals surface area contributed by atoms with Gasteiger partial charge in [0.05, 0.1) is 23.9 Å². The van der Waals surface area contributed by atoms with Crippen molar-refractivity contribution in [1.82, 2.24) is 14.7 Å². The molecule has 8 nitrogen and oxygen atoms in total. The zero-order valence-corrected chi connectivity index (χ0v) is 12.2. The smallest absolute Gasteiger partial charge is 0.358 e. The van der Waals surface area contributed by atoms with E-state index in [9.17, 15) is 19.7 Å². The van der Waals surface area contributed by atoms with Gasteiger partial charge in [0.2, 0.25) is 5.78 Å². The molecule has 1 aromatic carbocycles. The molecule has 1 atom stereocenters. The third-order valence-electron chi connectivity index (χ3n) is 3.90. The summed E-state index contributed by atoms with van der Waals surface area (Å²) in [5, 5.41) is 14.5. The fourth-order valence-electron chi connectivity index (χ4n) is 2.86. The molecule has 0 N–H and O–H groups in total. The first-order valence-corrected chi connectivity index (χ1v) is 7.09. The molecule has 0 aliphatic carbocycles. The zero-order valence-electron chi connectivity index (χ0n) is 12.2. The van der Waals surface area contributed by atoms with Crippen molar-refractivity contribution in [2.24, 2.45) is 0 Å². The highest BCUT2D eigenvalue weighted by Crippen LogP contribution is 2.33. The monoisotopic (exact) mass is 314 g/mol. The highest BCUT2D eigenvalue weighted by Gasteiger charge is 2.34. The third kappa shape index (κ3) is 2.88. The lowest BCUT2D eigenvalue weighted by atomic mass is 10.0. The lowest BCUT2D eigenvalue weighted by Gasteiger charge is -2.21. The van der Waals surface area contributed by atoms with Gasteiger partial charge in [0, 0.05) is 13.1 Å². The summed E-state index contributed by atoms with van der Waals surface area (Å²) in [6.07, 6.45) is 1.87. The SMILES string of the molecule is O=CC(=O)C1c2ccccc2CN1CCn1ccc([N+](=O)[O-])n1.